The largest absolute Gasteiger partial charge is 0.451 e. The standard InChI is InChI=1S/C18H18N4O6/c1-9-15(11(3)23)10(2)19-16(9)18(24)27-8-14-20-21-17(28-14)12-4-6-13(7-5-12)22(25)26/h4-7,11,19,23H,8H2,1-3H3/t11-/m1/s1. The minimum atomic E-state index is -0.710. The fourth-order valence-corrected chi connectivity index (χ4v) is 2.95. The van der Waals surface area contributed by atoms with Gasteiger partial charge in [-0.2, -0.15) is 0 Å². The molecule has 0 aliphatic carbocycles. The molecular formula is C18H18N4O6. The highest BCUT2D eigenvalue weighted by Gasteiger charge is 2.21. The summed E-state index contributed by atoms with van der Waals surface area (Å²) in [5.74, 6) is -0.370. The molecule has 0 saturated heterocycles. The Labute approximate surface area is 159 Å². The number of aliphatic hydroxyl groups is 1. The van der Waals surface area contributed by atoms with Crippen molar-refractivity contribution in [2.24, 2.45) is 0 Å². The van der Waals surface area contributed by atoms with Gasteiger partial charge in [0.25, 0.3) is 11.6 Å². The highest BCUT2D eigenvalue weighted by Crippen LogP contribution is 2.25. The van der Waals surface area contributed by atoms with Gasteiger partial charge in [-0.25, -0.2) is 4.79 Å². The van der Waals surface area contributed by atoms with Crippen molar-refractivity contribution in [1.82, 2.24) is 15.2 Å². The first-order valence-corrected chi connectivity index (χ1v) is 8.39. The van der Waals surface area contributed by atoms with Crippen molar-refractivity contribution in [3.8, 4) is 11.5 Å². The van der Waals surface area contributed by atoms with Gasteiger partial charge < -0.3 is 19.2 Å². The van der Waals surface area contributed by atoms with Crippen molar-refractivity contribution in [3.05, 3.63) is 62.8 Å². The number of rotatable bonds is 6. The van der Waals surface area contributed by atoms with E-state index in [1.165, 1.54) is 24.3 Å². The maximum atomic E-state index is 12.3. The van der Waals surface area contributed by atoms with Gasteiger partial charge >= 0.3 is 5.97 Å². The van der Waals surface area contributed by atoms with Crippen LogP contribution in [0.4, 0.5) is 5.69 Å². The Hall–Kier alpha value is -3.53. The van der Waals surface area contributed by atoms with E-state index < -0.39 is 17.0 Å². The Bertz CT molecular complexity index is 1020. The van der Waals surface area contributed by atoms with Crippen LogP contribution in [-0.4, -0.2) is 31.2 Å². The molecule has 3 rings (SSSR count). The molecule has 0 saturated carbocycles. The summed E-state index contributed by atoms with van der Waals surface area (Å²) in [4.78, 5) is 25.4. The van der Waals surface area contributed by atoms with Crippen LogP contribution in [0.3, 0.4) is 0 Å². The number of esters is 1. The number of nitrogens with one attached hydrogen (secondary N) is 1. The zero-order valence-electron chi connectivity index (χ0n) is 15.4. The van der Waals surface area contributed by atoms with Crippen molar-refractivity contribution in [2.45, 2.75) is 33.5 Å². The van der Waals surface area contributed by atoms with Crippen molar-refractivity contribution < 1.29 is 24.0 Å². The van der Waals surface area contributed by atoms with Crippen molar-refractivity contribution in [3.63, 3.8) is 0 Å². The first kappa shape index (κ1) is 19.2. The van der Waals surface area contributed by atoms with Crippen LogP contribution in [0.25, 0.3) is 11.5 Å². The van der Waals surface area contributed by atoms with Gasteiger partial charge in [0.05, 0.1) is 11.0 Å². The molecule has 10 heteroatoms. The molecule has 0 radical (unpaired) electrons. The maximum Gasteiger partial charge on any atom is 0.355 e. The van der Waals surface area contributed by atoms with E-state index in [2.05, 4.69) is 15.2 Å². The van der Waals surface area contributed by atoms with Crippen LogP contribution in [0.5, 0.6) is 0 Å². The zero-order chi connectivity index (χ0) is 20.4. The normalized spacial score (nSPS) is 12.0. The SMILES string of the molecule is Cc1[nH]c(C(=O)OCc2nnc(-c3ccc([N+](=O)[O-])cc3)o2)c(C)c1[C@@H](C)O. The summed E-state index contributed by atoms with van der Waals surface area (Å²) in [6.45, 7) is 4.87. The monoisotopic (exact) mass is 386 g/mol. The lowest BCUT2D eigenvalue weighted by atomic mass is 10.1. The van der Waals surface area contributed by atoms with Gasteiger partial charge in [0, 0.05) is 29.0 Å². The van der Waals surface area contributed by atoms with E-state index in [9.17, 15) is 20.0 Å². The second kappa shape index (κ2) is 7.61. The summed E-state index contributed by atoms with van der Waals surface area (Å²) < 4.78 is 10.6. The van der Waals surface area contributed by atoms with Gasteiger partial charge in [-0.1, -0.05) is 0 Å². The van der Waals surface area contributed by atoms with Gasteiger partial charge in [0.15, 0.2) is 6.61 Å². The van der Waals surface area contributed by atoms with E-state index in [1.54, 1.807) is 20.8 Å². The summed E-state index contributed by atoms with van der Waals surface area (Å²) in [6.07, 6.45) is -0.710. The molecule has 0 bridgehead atoms. The molecule has 10 nitrogen and oxygen atoms in total. The topological polar surface area (TPSA) is 144 Å². The molecule has 146 valence electrons. The van der Waals surface area contributed by atoms with E-state index in [-0.39, 0.29) is 29.8 Å². The molecule has 2 heterocycles. The summed E-state index contributed by atoms with van der Waals surface area (Å²) >= 11 is 0. The number of non-ortho nitro benzene ring substituents is 1. The van der Waals surface area contributed by atoms with Gasteiger partial charge in [0.1, 0.15) is 5.69 Å². The van der Waals surface area contributed by atoms with Crippen LogP contribution in [0.1, 0.15) is 46.2 Å². The summed E-state index contributed by atoms with van der Waals surface area (Å²) in [5, 5.41) is 28.2. The molecule has 0 aliphatic rings. The number of nitro groups is 1. The molecule has 0 unspecified atom stereocenters. The number of aromatic amines is 1. The van der Waals surface area contributed by atoms with Crippen molar-refractivity contribution in [1.29, 1.82) is 0 Å². The lowest BCUT2D eigenvalue weighted by Gasteiger charge is -2.05. The van der Waals surface area contributed by atoms with E-state index >= 15 is 0 Å². The minimum absolute atomic E-state index is 0.0504. The number of ether oxygens (including phenoxy) is 1. The highest BCUT2D eigenvalue weighted by atomic mass is 16.6. The van der Waals surface area contributed by atoms with Crippen LogP contribution in [-0.2, 0) is 11.3 Å². The Balaban J connectivity index is 1.68. The third kappa shape index (κ3) is 3.76. The molecule has 1 aromatic carbocycles. The second-order valence-corrected chi connectivity index (χ2v) is 6.22. The number of benzene rings is 1. The smallest absolute Gasteiger partial charge is 0.355 e. The highest BCUT2D eigenvalue weighted by molar-refractivity contribution is 5.89. The Morgan fingerprint density at radius 1 is 1.32 bits per heavy atom. The van der Waals surface area contributed by atoms with Gasteiger partial charge in [-0.05, 0) is 38.5 Å². The maximum absolute atomic E-state index is 12.3. The molecular weight excluding hydrogens is 368 g/mol. The van der Waals surface area contributed by atoms with Crippen LogP contribution in [0, 0.1) is 24.0 Å². The average Bonchev–Trinajstić information content (AvgIpc) is 3.24. The quantitative estimate of drug-likeness (QED) is 0.374. The molecule has 0 aliphatic heterocycles. The Morgan fingerprint density at radius 2 is 2.00 bits per heavy atom. The van der Waals surface area contributed by atoms with Crippen molar-refractivity contribution in [2.75, 3.05) is 0 Å². The molecule has 1 atom stereocenters. The summed E-state index contributed by atoms with van der Waals surface area (Å²) in [5.41, 5.74) is 2.68. The van der Waals surface area contributed by atoms with Crippen molar-refractivity contribution >= 4 is 11.7 Å². The molecule has 0 spiro atoms. The third-order valence-electron chi connectivity index (χ3n) is 4.24. The van der Waals surface area contributed by atoms with E-state index in [0.717, 1.165) is 0 Å². The van der Waals surface area contributed by atoms with Gasteiger partial charge in [-0.3, -0.25) is 10.1 Å². The number of nitro benzene ring substituents is 1. The number of nitrogens with zero attached hydrogens (tertiary/aromatic N) is 3. The minimum Gasteiger partial charge on any atom is -0.451 e. The van der Waals surface area contributed by atoms with E-state index in [0.29, 0.717) is 22.4 Å². The number of H-pyrrole nitrogens is 1. The number of aromatic nitrogens is 3. The predicted molar refractivity (Wildman–Crippen MR) is 96.4 cm³/mol. The van der Waals surface area contributed by atoms with Gasteiger partial charge in [-0.15, -0.1) is 10.2 Å². The second-order valence-electron chi connectivity index (χ2n) is 6.22. The van der Waals surface area contributed by atoms with Crippen LogP contribution in [0.15, 0.2) is 28.7 Å². The molecule has 2 N–H and O–H groups in total. The number of aliphatic hydroxyl groups excluding tert-OH is 1. The zero-order valence-corrected chi connectivity index (χ0v) is 15.4. The fraction of sp³-hybridized carbons (Fsp3) is 0.278. The van der Waals surface area contributed by atoms with E-state index in [1.807, 2.05) is 0 Å². The van der Waals surface area contributed by atoms with Crippen LogP contribution in [0.2, 0.25) is 0 Å². The molecule has 2 aromatic heterocycles. The Kier molecular flexibility index (Phi) is 5.23. The van der Waals surface area contributed by atoms with Gasteiger partial charge in [0.2, 0.25) is 5.89 Å². The first-order chi connectivity index (χ1) is 13.3. The number of hydrogen-bond acceptors (Lipinski definition) is 8. The number of hydrogen-bond donors (Lipinski definition) is 2. The predicted octanol–water partition coefficient (Wildman–Crippen LogP) is 3.00. The van der Waals surface area contributed by atoms with E-state index in [4.69, 9.17) is 9.15 Å². The summed E-state index contributed by atoms with van der Waals surface area (Å²) in [6, 6.07) is 5.64. The number of carbonyl (C=O) groups excluding carboxylic acids is 1. The molecule has 0 fully saturated rings. The lowest BCUT2D eigenvalue weighted by Crippen LogP contribution is -2.08. The Morgan fingerprint density at radius 3 is 2.57 bits per heavy atom. The van der Waals surface area contributed by atoms with Crippen LogP contribution >= 0.6 is 0 Å². The molecule has 0 amide bonds. The summed E-state index contributed by atoms with van der Waals surface area (Å²) in [7, 11) is 0. The number of carbonyl (C=O) groups is 1. The number of aryl methyl sites for hydroxylation is 1. The average molecular weight is 386 g/mol. The van der Waals surface area contributed by atoms with Crippen LogP contribution < -0.4 is 0 Å². The fourth-order valence-electron chi connectivity index (χ4n) is 2.95. The first-order valence-electron chi connectivity index (χ1n) is 8.39. The lowest BCUT2D eigenvalue weighted by molar-refractivity contribution is -0.384. The molecule has 3 aromatic rings. The third-order valence-corrected chi connectivity index (χ3v) is 4.24. The molecule has 28 heavy (non-hydrogen) atoms.